The van der Waals surface area contributed by atoms with Crippen LogP contribution in [0.2, 0.25) is 0 Å². The van der Waals surface area contributed by atoms with Gasteiger partial charge >= 0.3 is 0 Å². The molecule has 1 aromatic heterocycles. The molecule has 19 heavy (non-hydrogen) atoms. The van der Waals surface area contributed by atoms with Crippen LogP contribution in [0.5, 0.6) is 0 Å². The normalized spacial score (nSPS) is 22.3. The van der Waals surface area contributed by atoms with E-state index in [2.05, 4.69) is 5.32 Å². The zero-order valence-corrected chi connectivity index (χ0v) is 11.6. The molecule has 1 saturated heterocycles. The number of hydrogen-bond acceptors (Lipinski definition) is 3. The molecular formula is C14H20N2O3. The Labute approximate surface area is 113 Å². The smallest absolute Gasteiger partial charge is 0.246 e. The van der Waals surface area contributed by atoms with Gasteiger partial charge in [-0.2, -0.15) is 0 Å². The van der Waals surface area contributed by atoms with Gasteiger partial charge in [0.15, 0.2) is 0 Å². The van der Waals surface area contributed by atoms with E-state index < -0.39 is 6.04 Å². The molecular weight excluding hydrogens is 244 g/mol. The molecule has 0 aliphatic carbocycles. The maximum Gasteiger partial charge on any atom is 0.246 e. The largest absolute Gasteiger partial charge is 0.467 e. The van der Waals surface area contributed by atoms with Crippen molar-refractivity contribution in [2.24, 2.45) is 5.92 Å². The van der Waals surface area contributed by atoms with Crippen LogP contribution in [0, 0.1) is 5.92 Å². The highest BCUT2D eigenvalue weighted by molar-refractivity contribution is 5.90. The predicted octanol–water partition coefficient (Wildman–Crippen LogP) is 1.71. The average molecular weight is 264 g/mol. The fraction of sp³-hybridized carbons (Fsp3) is 0.571. The summed E-state index contributed by atoms with van der Waals surface area (Å²) < 4.78 is 5.36. The standard InChI is InChI=1S/C14H20N2O3/c1-9(2)13-14(18)16(7-6-12(17)15-13)10(3)11-5-4-8-19-11/h4-5,8-10,13H,6-7H2,1-3H3,(H,15,17). The maximum absolute atomic E-state index is 12.5. The van der Waals surface area contributed by atoms with Gasteiger partial charge in [0.2, 0.25) is 11.8 Å². The van der Waals surface area contributed by atoms with E-state index >= 15 is 0 Å². The summed E-state index contributed by atoms with van der Waals surface area (Å²) in [7, 11) is 0. The van der Waals surface area contributed by atoms with Gasteiger partial charge in [-0.3, -0.25) is 9.59 Å². The molecule has 1 aliphatic heterocycles. The topological polar surface area (TPSA) is 62.6 Å². The third kappa shape index (κ3) is 2.80. The fourth-order valence-corrected chi connectivity index (χ4v) is 2.34. The molecule has 0 spiro atoms. The van der Waals surface area contributed by atoms with Gasteiger partial charge in [0.25, 0.3) is 0 Å². The van der Waals surface area contributed by atoms with Crippen LogP contribution < -0.4 is 5.32 Å². The van der Waals surface area contributed by atoms with Gasteiger partial charge in [0.1, 0.15) is 11.8 Å². The third-order valence-electron chi connectivity index (χ3n) is 3.53. The molecule has 104 valence electrons. The lowest BCUT2D eigenvalue weighted by Gasteiger charge is -2.30. The summed E-state index contributed by atoms with van der Waals surface area (Å²) >= 11 is 0. The molecule has 5 nitrogen and oxygen atoms in total. The van der Waals surface area contributed by atoms with Crippen molar-refractivity contribution in [3.8, 4) is 0 Å². The molecule has 0 saturated carbocycles. The van der Waals surface area contributed by atoms with E-state index in [1.165, 1.54) is 0 Å². The van der Waals surface area contributed by atoms with E-state index in [1.807, 2.05) is 26.8 Å². The Kier molecular flexibility index (Phi) is 3.93. The zero-order valence-electron chi connectivity index (χ0n) is 11.6. The fourth-order valence-electron chi connectivity index (χ4n) is 2.34. The second-order valence-corrected chi connectivity index (χ2v) is 5.26. The Morgan fingerprint density at radius 1 is 1.37 bits per heavy atom. The van der Waals surface area contributed by atoms with Gasteiger partial charge in [-0.25, -0.2) is 0 Å². The minimum atomic E-state index is -0.451. The predicted molar refractivity (Wildman–Crippen MR) is 70.2 cm³/mol. The molecule has 1 aliphatic rings. The number of rotatable bonds is 3. The van der Waals surface area contributed by atoms with Crippen molar-refractivity contribution in [3.63, 3.8) is 0 Å². The van der Waals surface area contributed by atoms with Gasteiger partial charge < -0.3 is 14.6 Å². The summed E-state index contributed by atoms with van der Waals surface area (Å²) in [6, 6.07) is 3.05. The van der Waals surface area contributed by atoms with Crippen molar-refractivity contribution in [2.45, 2.75) is 39.3 Å². The Morgan fingerprint density at radius 3 is 2.68 bits per heavy atom. The quantitative estimate of drug-likeness (QED) is 0.904. The third-order valence-corrected chi connectivity index (χ3v) is 3.53. The van der Waals surface area contributed by atoms with Crippen molar-refractivity contribution >= 4 is 11.8 Å². The summed E-state index contributed by atoms with van der Waals surface area (Å²) in [5, 5.41) is 2.80. The number of carbonyl (C=O) groups excluding carboxylic acids is 2. The van der Waals surface area contributed by atoms with Crippen LogP contribution in [0.1, 0.15) is 39.0 Å². The first-order valence-corrected chi connectivity index (χ1v) is 6.64. The highest BCUT2D eigenvalue weighted by Crippen LogP contribution is 2.24. The minimum absolute atomic E-state index is 0.0373. The molecule has 1 N–H and O–H groups in total. The van der Waals surface area contributed by atoms with E-state index in [1.54, 1.807) is 17.2 Å². The van der Waals surface area contributed by atoms with Gasteiger partial charge in [0.05, 0.1) is 12.3 Å². The molecule has 2 amide bonds. The summed E-state index contributed by atoms with van der Waals surface area (Å²) in [4.78, 5) is 25.9. The maximum atomic E-state index is 12.5. The van der Waals surface area contributed by atoms with Crippen molar-refractivity contribution < 1.29 is 14.0 Å². The lowest BCUT2D eigenvalue weighted by molar-refractivity contribution is -0.136. The molecule has 2 unspecified atom stereocenters. The summed E-state index contributed by atoms with van der Waals surface area (Å²) in [5.74, 6) is 0.706. The van der Waals surface area contributed by atoms with Crippen LogP contribution in [-0.4, -0.2) is 29.3 Å². The molecule has 1 fully saturated rings. The van der Waals surface area contributed by atoms with Gasteiger partial charge in [-0.05, 0) is 25.0 Å². The van der Waals surface area contributed by atoms with Crippen LogP contribution in [0.15, 0.2) is 22.8 Å². The average Bonchev–Trinajstić information content (AvgIpc) is 2.84. The van der Waals surface area contributed by atoms with Crippen LogP contribution >= 0.6 is 0 Å². The summed E-state index contributed by atoms with van der Waals surface area (Å²) in [6.45, 7) is 6.22. The number of hydrogen-bond donors (Lipinski definition) is 1. The molecule has 2 atom stereocenters. The van der Waals surface area contributed by atoms with E-state index in [0.29, 0.717) is 13.0 Å². The molecule has 2 heterocycles. The number of amides is 2. The first-order valence-electron chi connectivity index (χ1n) is 6.64. The Bertz CT molecular complexity index is 453. The Balaban J connectivity index is 2.23. The van der Waals surface area contributed by atoms with Crippen molar-refractivity contribution in [3.05, 3.63) is 24.2 Å². The molecule has 0 radical (unpaired) electrons. The highest BCUT2D eigenvalue weighted by atomic mass is 16.3. The van der Waals surface area contributed by atoms with Crippen molar-refractivity contribution in [1.29, 1.82) is 0 Å². The second-order valence-electron chi connectivity index (χ2n) is 5.26. The van der Waals surface area contributed by atoms with Gasteiger partial charge in [-0.15, -0.1) is 0 Å². The summed E-state index contributed by atoms with van der Waals surface area (Å²) in [6.07, 6.45) is 1.93. The van der Waals surface area contributed by atoms with E-state index in [4.69, 9.17) is 4.42 Å². The Morgan fingerprint density at radius 2 is 2.11 bits per heavy atom. The van der Waals surface area contributed by atoms with Crippen LogP contribution in [0.4, 0.5) is 0 Å². The first kappa shape index (κ1) is 13.6. The number of furan rings is 1. The lowest BCUT2D eigenvalue weighted by Crippen LogP contribution is -2.48. The highest BCUT2D eigenvalue weighted by Gasteiger charge is 2.35. The van der Waals surface area contributed by atoms with Crippen LogP contribution in [0.25, 0.3) is 0 Å². The first-order chi connectivity index (χ1) is 9.00. The Hall–Kier alpha value is -1.78. The van der Waals surface area contributed by atoms with E-state index in [9.17, 15) is 9.59 Å². The molecule has 2 rings (SSSR count). The monoisotopic (exact) mass is 264 g/mol. The lowest BCUT2D eigenvalue weighted by atomic mass is 10.0. The van der Waals surface area contributed by atoms with Crippen LogP contribution in [0.3, 0.4) is 0 Å². The van der Waals surface area contributed by atoms with Gasteiger partial charge in [-0.1, -0.05) is 13.8 Å². The van der Waals surface area contributed by atoms with E-state index in [-0.39, 0.29) is 23.8 Å². The minimum Gasteiger partial charge on any atom is -0.467 e. The zero-order chi connectivity index (χ0) is 14.0. The van der Waals surface area contributed by atoms with Crippen LogP contribution in [-0.2, 0) is 9.59 Å². The van der Waals surface area contributed by atoms with Crippen molar-refractivity contribution in [2.75, 3.05) is 6.54 Å². The number of nitrogens with zero attached hydrogens (tertiary/aromatic N) is 1. The number of carbonyl (C=O) groups is 2. The summed E-state index contributed by atoms with van der Waals surface area (Å²) in [5.41, 5.74) is 0. The second kappa shape index (κ2) is 5.47. The molecule has 1 aromatic rings. The van der Waals surface area contributed by atoms with E-state index in [0.717, 1.165) is 5.76 Å². The molecule has 5 heteroatoms. The SMILES string of the molecule is CC(C)C1NC(=O)CCN(C(C)c2ccco2)C1=O. The number of nitrogens with one attached hydrogen (secondary N) is 1. The van der Waals surface area contributed by atoms with Gasteiger partial charge in [0, 0.05) is 13.0 Å². The molecule has 0 bridgehead atoms. The molecule has 0 aromatic carbocycles. The van der Waals surface area contributed by atoms with Crippen molar-refractivity contribution in [1.82, 2.24) is 10.2 Å².